The summed E-state index contributed by atoms with van der Waals surface area (Å²) in [6, 6.07) is 27.5. The SMILES string of the molecule is COc1cc2c(cc1OC(C)C)CN(c1ccc(N(C)C)cc1)C(=O)C2.Clc1ccccc1.Cn1c(=O)n(C2CCC(=O)NC2=O)c2cccc(CCN3CCN(C4CCCCC4)CC3)c21. The van der Waals surface area contributed by atoms with Crippen molar-refractivity contribution in [2.24, 2.45) is 7.05 Å². The van der Waals surface area contributed by atoms with E-state index in [0.29, 0.717) is 25.1 Å². The number of ether oxygens (including phenoxy) is 2. The van der Waals surface area contributed by atoms with Crippen LogP contribution in [0.4, 0.5) is 11.4 Å². The Morgan fingerprint density at radius 1 is 0.818 bits per heavy atom. The molecular weight excluding hydrogens is 854 g/mol. The lowest BCUT2D eigenvalue weighted by Crippen LogP contribution is -2.51. The highest BCUT2D eigenvalue weighted by molar-refractivity contribution is 6.30. The number of piperidine rings is 1. The number of nitrogens with zero attached hydrogens (tertiary/aromatic N) is 6. The zero-order valence-corrected chi connectivity index (χ0v) is 40.2. The summed E-state index contributed by atoms with van der Waals surface area (Å²) in [6.07, 6.45) is 8.79. The van der Waals surface area contributed by atoms with Gasteiger partial charge in [0.15, 0.2) is 11.5 Å². The highest BCUT2D eigenvalue weighted by Gasteiger charge is 2.32. The van der Waals surface area contributed by atoms with E-state index in [1.807, 2.05) is 117 Å². The maximum Gasteiger partial charge on any atom is 0.329 e. The van der Waals surface area contributed by atoms with Crippen LogP contribution in [-0.2, 0) is 40.8 Å². The van der Waals surface area contributed by atoms with Crippen LogP contribution in [0.5, 0.6) is 11.5 Å². The number of aromatic nitrogens is 2. The number of anilines is 2. The van der Waals surface area contributed by atoms with Gasteiger partial charge in [-0.15, -0.1) is 0 Å². The van der Waals surface area contributed by atoms with Crippen molar-refractivity contribution in [1.29, 1.82) is 0 Å². The van der Waals surface area contributed by atoms with Crippen molar-refractivity contribution in [3.63, 3.8) is 0 Å². The van der Waals surface area contributed by atoms with Gasteiger partial charge >= 0.3 is 5.69 Å². The van der Waals surface area contributed by atoms with Gasteiger partial charge in [0, 0.05) is 82.7 Å². The van der Waals surface area contributed by atoms with Gasteiger partial charge in [-0.05, 0) is 111 Å². The third-order valence-corrected chi connectivity index (χ3v) is 13.4. The summed E-state index contributed by atoms with van der Waals surface area (Å²) < 4.78 is 14.6. The molecule has 1 saturated carbocycles. The molecule has 5 aromatic rings. The second-order valence-corrected chi connectivity index (χ2v) is 18.6. The first-order chi connectivity index (χ1) is 31.8. The van der Waals surface area contributed by atoms with E-state index < -0.39 is 6.04 Å². The van der Waals surface area contributed by atoms with Crippen LogP contribution < -0.4 is 30.3 Å². The number of rotatable bonds is 10. The maximum atomic E-state index is 13.1. The van der Waals surface area contributed by atoms with Crippen molar-refractivity contribution < 1.29 is 23.9 Å². The number of imide groups is 1. The summed E-state index contributed by atoms with van der Waals surface area (Å²) in [5.41, 5.74) is 6.72. The molecule has 0 bridgehead atoms. The Morgan fingerprint density at radius 2 is 1.52 bits per heavy atom. The molecule has 1 aromatic heterocycles. The Bertz CT molecular complexity index is 2510. The molecule has 13 nitrogen and oxygen atoms in total. The number of hydrogen-bond acceptors (Lipinski definition) is 9. The predicted octanol–water partition coefficient (Wildman–Crippen LogP) is 7.79. The van der Waals surface area contributed by atoms with E-state index in [1.165, 1.54) is 32.1 Å². The molecule has 4 aromatic carbocycles. The molecular formula is C52H66ClN7O6. The first-order valence-corrected chi connectivity index (χ1v) is 23.8. The summed E-state index contributed by atoms with van der Waals surface area (Å²) in [4.78, 5) is 58.9. The number of imidazole rings is 1. The average Bonchev–Trinajstić information content (AvgIpc) is 3.57. The minimum Gasteiger partial charge on any atom is -0.493 e. The fraction of sp³-hybridized carbons (Fsp3) is 0.462. The number of carbonyl (C=O) groups excluding carboxylic acids is 3. The van der Waals surface area contributed by atoms with Gasteiger partial charge in [-0.3, -0.25) is 33.7 Å². The summed E-state index contributed by atoms with van der Waals surface area (Å²) >= 11 is 5.54. The Morgan fingerprint density at radius 3 is 2.14 bits per heavy atom. The molecule has 3 amide bonds. The minimum atomic E-state index is -0.637. The number of halogens is 1. The molecule has 9 rings (SSSR count). The Balaban J connectivity index is 0.000000175. The molecule has 4 heterocycles. The minimum absolute atomic E-state index is 0.0573. The lowest BCUT2D eigenvalue weighted by molar-refractivity contribution is -0.135. The van der Waals surface area contributed by atoms with Crippen molar-refractivity contribution in [3.8, 4) is 11.5 Å². The van der Waals surface area contributed by atoms with Gasteiger partial charge in [0.2, 0.25) is 17.7 Å². The van der Waals surface area contributed by atoms with Crippen LogP contribution in [0, 0.1) is 0 Å². The second-order valence-electron chi connectivity index (χ2n) is 18.2. The van der Waals surface area contributed by atoms with Crippen LogP contribution in [0.15, 0.2) is 89.7 Å². The van der Waals surface area contributed by atoms with Crippen LogP contribution in [0.1, 0.15) is 81.5 Å². The number of para-hydroxylation sites is 1. The van der Waals surface area contributed by atoms with Crippen molar-refractivity contribution in [2.45, 2.75) is 96.4 Å². The molecule has 2 saturated heterocycles. The van der Waals surface area contributed by atoms with Gasteiger partial charge in [-0.25, -0.2) is 4.79 Å². The number of carbonyl (C=O) groups is 3. The van der Waals surface area contributed by atoms with Gasteiger partial charge in [-0.2, -0.15) is 0 Å². The number of nitrogens with one attached hydrogen (secondary N) is 1. The molecule has 0 radical (unpaired) electrons. The van der Waals surface area contributed by atoms with Crippen molar-refractivity contribution >= 4 is 51.7 Å². The van der Waals surface area contributed by atoms with Crippen LogP contribution >= 0.6 is 11.6 Å². The van der Waals surface area contributed by atoms with Crippen molar-refractivity contribution in [2.75, 3.05) is 63.7 Å². The molecule has 14 heteroatoms. The van der Waals surface area contributed by atoms with Crippen LogP contribution in [0.25, 0.3) is 11.0 Å². The standard InChI is InChI=1S/C25H35N5O3.C21H26N2O3.C6H5Cl/c1-27-23-18(12-13-28-14-16-29(17-15-28)19-7-3-2-4-8-19)6-5-9-20(23)30(25(27)33)21-10-11-22(31)26-24(21)32;1-14(2)26-20-11-16-13-23(18-8-6-17(7-9-18)22(3)4)21(24)12-15(16)10-19(20)25-5;7-6-4-2-1-3-5-6/h5-6,9,19,21H,2-4,7-8,10-17H2,1H3,(H,26,31,32);6-11,14H,12-13H2,1-5H3;1-5H. The van der Waals surface area contributed by atoms with Gasteiger partial charge in [-0.1, -0.05) is 61.2 Å². The van der Waals surface area contributed by atoms with E-state index in [4.69, 9.17) is 21.1 Å². The first-order valence-electron chi connectivity index (χ1n) is 23.4. The number of amides is 3. The smallest absolute Gasteiger partial charge is 0.329 e. The third kappa shape index (κ3) is 11.7. The quantitative estimate of drug-likeness (QED) is 0.140. The normalized spacial score (nSPS) is 18.2. The van der Waals surface area contributed by atoms with E-state index in [1.54, 1.807) is 23.3 Å². The Hall–Kier alpha value is -5.63. The number of aryl methyl sites for hydroxylation is 1. The predicted molar refractivity (Wildman–Crippen MR) is 263 cm³/mol. The second kappa shape index (κ2) is 22.2. The van der Waals surface area contributed by atoms with Crippen LogP contribution in [0.2, 0.25) is 5.02 Å². The Labute approximate surface area is 394 Å². The summed E-state index contributed by atoms with van der Waals surface area (Å²) in [7, 11) is 7.40. The largest absolute Gasteiger partial charge is 0.493 e. The molecule has 1 N–H and O–H groups in total. The number of piperazine rings is 1. The van der Waals surface area contributed by atoms with Gasteiger partial charge in [0.1, 0.15) is 6.04 Å². The topological polar surface area (TPSA) is 122 Å². The fourth-order valence-corrected chi connectivity index (χ4v) is 9.73. The van der Waals surface area contributed by atoms with E-state index in [2.05, 4.69) is 21.2 Å². The number of benzene rings is 4. The molecule has 3 fully saturated rings. The van der Waals surface area contributed by atoms with E-state index in [9.17, 15) is 19.2 Å². The lowest BCUT2D eigenvalue weighted by Gasteiger charge is -2.40. The third-order valence-electron chi connectivity index (χ3n) is 13.1. The number of fused-ring (bicyclic) bond motifs is 2. The van der Waals surface area contributed by atoms with Gasteiger partial charge in [0.25, 0.3) is 0 Å². The van der Waals surface area contributed by atoms with Crippen LogP contribution in [-0.4, -0.2) is 103 Å². The van der Waals surface area contributed by atoms with Crippen molar-refractivity contribution in [3.05, 3.63) is 117 Å². The molecule has 3 aliphatic heterocycles. The Kier molecular flexibility index (Phi) is 16.3. The highest BCUT2D eigenvalue weighted by Crippen LogP contribution is 2.36. The van der Waals surface area contributed by atoms with E-state index >= 15 is 0 Å². The summed E-state index contributed by atoms with van der Waals surface area (Å²) in [6.45, 7) is 9.98. The monoisotopic (exact) mass is 919 g/mol. The maximum absolute atomic E-state index is 13.1. The molecule has 1 atom stereocenters. The molecule has 0 spiro atoms. The molecule has 66 heavy (non-hydrogen) atoms. The van der Waals surface area contributed by atoms with Gasteiger partial charge < -0.3 is 24.2 Å². The highest BCUT2D eigenvalue weighted by atomic mass is 35.5. The molecule has 1 aliphatic carbocycles. The molecule has 1 unspecified atom stereocenters. The number of methoxy groups -OCH3 is 1. The van der Waals surface area contributed by atoms with E-state index in [-0.39, 0.29) is 35.9 Å². The zero-order valence-electron chi connectivity index (χ0n) is 39.4. The average molecular weight is 921 g/mol. The van der Waals surface area contributed by atoms with E-state index in [0.717, 1.165) is 95.1 Å². The zero-order chi connectivity index (χ0) is 46.9. The summed E-state index contributed by atoms with van der Waals surface area (Å²) in [5.74, 6) is 0.832. The molecule has 352 valence electrons. The van der Waals surface area contributed by atoms with Gasteiger partial charge in [0.05, 0.1) is 37.2 Å². The number of hydrogen-bond donors (Lipinski definition) is 1. The lowest BCUT2D eigenvalue weighted by atomic mass is 9.94. The van der Waals surface area contributed by atoms with Crippen LogP contribution in [0.3, 0.4) is 0 Å². The van der Waals surface area contributed by atoms with Crippen molar-refractivity contribution in [1.82, 2.24) is 24.3 Å². The molecule has 4 aliphatic rings. The summed E-state index contributed by atoms with van der Waals surface area (Å²) in [5, 5.41) is 3.18. The fourth-order valence-electron chi connectivity index (χ4n) is 9.59. The first kappa shape index (κ1) is 48.3.